The SMILES string of the molecule is CC1(C)OC(=O)c2c(-c3ccccc3)[nH]c(-c3ccccc3)c21. The standard InChI is InChI=1S/C20H17NO2/c1-20(2)16-15(19(22)23-20)17(13-9-5-3-6-10-13)21-18(16)14-11-7-4-8-12-14/h3-12,21H,1-2H3. The lowest BCUT2D eigenvalue weighted by molar-refractivity contribution is 0.00950. The molecule has 23 heavy (non-hydrogen) atoms. The predicted molar refractivity (Wildman–Crippen MR) is 90.1 cm³/mol. The van der Waals surface area contributed by atoms with Gasteiger partial charge in [0.1, 0.15) is 5.60 Å². The molecule has 0 fully saturated rings. The maximum Gasteiger partial charge on any atom is 0.341 e. The number of nitrogens with one attached hydrogen (secondary N) is 1. The zero-order chi connectivity index (χ0) is 16.0. The van der Waals surface area contributed by atoms with Crippen LogP contribution in [-0.2, 0) is 10.3 Å². The Morgan fingerprint density at radius 3 is 1.91 bits per heavy atom. The van der Waals surface area contributed by atoms with Gasteiger partial charge in [-0.15, -0.1) is 0 Å². The number of ether oxygens (including phenoxy) is 1. The third kappa shape index (κ3) is 2.08. The second-order valence-corrected chi connectivity index (χ2v) is 6.26. The molecule has 0 bridgehead atoms. The average molecular weight is 303 g/mol. The van der Waals surface area contributed by atoms with Gasteiger partial charge in [-0.05, 0) is 25.0 Å². The number of cyclic esters (lactones) is 1. The fourth-order valence-electron chi connectivity index (χ4n) is 3.28. The second-order valence-electron chi connectivity index (χ2n) is 6.26. The summed E-state index contributed by atoms with van der Waals surface area (Å²) in [6.07, 6.45) is 0. The van der Waals surface area contributed by atoms with Gasteiger partial charge in [0.25, 0.3) is 0 Å². The van der Waals surface area contributed by atoms with Crippen molar-refractivity contribution in [3.8, 4) is 22.5 Å². The van der Waals surface area contributed by atoms with E-state index in [1.165, 1.54) is 0 Å². The van der Waals surface area contributed by atoms with E-state index in [1.54, 1.807) is 0 Å². The van der Waals surface area contributed by atoms with Gasteiger partial charge in [0.05, 0.1) is 17.0 Å². The highest BCUT2D eigenvalue weighted by molar-refractivity contribution is 6.03. The Bertz CT molecular complexity index is 877. The number of carbonyl (C=O) groups is 1. The predicted octanol–water partition coefficient (Wildman–Crippen LogP) is 4.75. The van der Waals surface area contributed by atoms with Crippen LogP contribution in [0.1, 0.15) is 29.8 Å². The van der Waals surface area contributed by atoms with Crippen molar-refractivity contribution in [2.45, 2.75) is 19.4 Å². The summed E-state index contributed by atoms with van der Waals surface area (Å²) in [6.45, 7) is 3.87. The number of rotatable bonds is 2. The summed E-state index contributed by atoms with van der Waals surface area (Å²) in [5.41, 5.74) is 4.78. The molecule has 0 radical (unpaired) electrons. The average Bonchev–Trinajstić information content (AvgIpc) is 3.07. The lowest BCUT2D eigenvalue weighted by Crippen LogP contribution is -2.17. The van der Waals surface area contributed by atoms with E-state index >= 15 is 0 Å². The zero-order valence-corrected chi connectivity index (χ0v) is 13.1. The summed E-state index contributed by atoms with van der Waals surface area (Å²) in [5.74, 6) is -0.262. The number of H-pyrrole nitrogens is 1. The normalized spacial score (nSPS) is 15.3. The minimum atomic E-state index is -0.638. The number of hydrogen-bond acceptors (Lipinski definition) is 2. The van der Waals surface area contributed by atoms with Crippen molar-refractivity contribution in [1.29, 1.82) is 0 Å². The van der Waals surface area contributed by atoms with Gasteiger partial charge in [0, 0.05) is 5.56 Å². The summed E-state index contributed by atoms with van der Waals surface area (Å²) in [4.78, 5) is 15.9. The third-order valence-electron chi connectivity index (χ3n) is 4.28. The summed E-state index contributed by atoms with van der Waals surface area (Å²) < 4.78 is 5.62. The van der Waals surface area contributed by atoms with Gasteiger partial charge in [-0.3, -0.25) is 0 Å². The van der Waals surface area contributed by atoms with Crippen LogP contribution >= 0.6 is 0 Å². The molecular formula is C20H17NO2. The second kappa shape index (κ2) is 4.85. The maximum atomic E-state index is 12.5. The monoisotopic (exact) mass is 303 g/mol. The summed E-state index contributed by atoms with van der Waals surface area (Å²) in [6, 6.07) is 20.0. The van der Waals surface area contributed by atoms with Crippen LogP contribution < -0.4 is 0 Å². The fourth-order valence-corrected chi connectivity index (χ4v) is 3.28. The largest absolute Gasteiger partial charge is 0.451 e. The van der Waals surface area contributed by atoms with Gasteiger partial charge >= 0.3 is 5.97 Å². The molecule has 0 spiro atoms. The number of fused-ring (bicyclic) bond motifs is 1. The van der Waals surface area contributed by atoms with Crippen molar-refractivity contribution in [3.05, 3.63) is 71.8 Å². The molecule has 0 amide bonds. The van der Waals surface area contributed by atoms with E-state index in [0.717, 1.165) is 28.1 Å². The van der Waals surface area contributed by atoms with E-state index < -0.39 is 5.60 Å². The molecule has 0 saturated carbocycles. The first-order valence-corrected chi connectivity index (χ1v) is 7.68. The van der Waals surface area contributed by atoms with Crippen LogP contribution in [0, 0.1) is 0 Å². The molecule has 0 saturated heterocycles. The summed E-state index contributed by atoms with van der Waals surface area (Å²) in [5, 5.41) is 0. The van der Waals surface area contributed by atoms with Gasteiger partial charge in [0.15, 0.2) is 0 Å². The molecule has 2 aromatic carbocycles. The number of aromatic amines is 1. The topological polar surface area (TPSA) is 42.1 Å². The van der Waals surface area contributed by atoms with E-state index in [2.05, 4.69) is 4.98 Å². The minimum Gasteiger partial charge on any atom is -0.451 e. The molecule has 2 heterocycles. The third-order valence-corrected chi connectivity index (χ3v) is 4.28. The number of benzene rings is 2. The highest BCUT2D eigenvalue weighted by Gasteiger charge is 2.43. The molecule has 1 aromatic heterocycles. The van der Waals surface area contributed by atoms with E-state index in [1.807, 2.05) is 74.5 Å². The molecule has 1 N–H and O–H groups in total. The Kier molecular flexibility index (Phi) is 2.91. The van der Waals surface area contributed by atoms with Crippen LogP contribution in [0.3, 0.4) is 0 Å². The molecular weight excluding hydrogens is 286 g/mol. The van der Waals surface area contributed by atoms with Crippen LogP contribution in [0.4, 0.5) is 0 Å². The smallest absolute Gasteiger partial charge is 0.341 e. The number of esters is 1. The Hall–Kier alpha value is -2.81. The maximum absolute atomic E-state index is 12.5. The first-order chi connectivity index (χ1) is 11.1. The van der Waals surface area contributed by atoms with E-state index in [-0.39, 0.29) is 5.97 Å². The molecule has 1 aliphatic rings. The van der Waals surface area contributed by atoms with E-state index in [4.69, 9.17) is 4.74 Å². The van der Waals surface area contributed by atoms with Crippen molar-refractivity contribution in [2.24, 2.45) is 0 Å². The number of hydrogen-bond donors (Lipinski definition) is 1. The molecule has 0 atom stereocenters. The van der Waals surface area contributed by atoms with Crippen LogP contribution in [0.15, 0.2) is 60.7 Å². The number of carbonyl (C=O) groups excluding carboxylic acids is 1. The molecule has 0 aliphatic carbocycles. The Morgan fingerprint density at radius 1 is 0.826 bits per heavy atom. The first kappa shape index (κ1) is 13.8. The molecule has 0 unspecified atom stereocenters. The van der Waals surface area contributed by atoms with E-state index in [9.17, 15) is 4.79 Å². The number of aromatic nitrogens is 1. The zero-order valence-electron chi connectivity index (χ0n) is 13.1. The van der Waals surface area contributed by atoms with Gasteiger partial charge in [-0.2, -0.15) is 0 Å². The lowest BCUT2D eigenvalue weighted by atomic mass is 9.93. The highest BCUT2D eigenvalue weighted by Crippen LogP contribution is 2.46. The Morgan fingerprint density at radius 2 is 1.35 bits per heavy atom. The molecule has 4 rings (SSSR count). The molecule has 1 aliphatic heterocycles. The Labute approximate surface area is 134 Å². The molecule has 3 nitrogen and oxygen atoms in total. The van der Waals surface area contributed by atoms with Crippen LogP contribution in [0.2, 0.25) is 0 Å². The van der Waals surface area contributed by atoms with Crippen molar-refractivity contribution >= 4 is 5.97 Å². The van der Waals surface area contributed by atoms with Gasteiger partial charge in [0.2, 0.25) is 0 Å². The Balaban J connectivity index is 2.03. The van der Waals surface area contributed by atoms with Gasteiger partial charge < -0.3 is 9.72 Å². The molecule has 3 aromatic rings. The molecule has 114 valence electrons. The quantitative estimate of drug-likeness (QED) is 0.694. The van der Waals surface area contributed by atoms with Crippen molar-refractivity contribution in [3.63, 3.8) is 0 Å². The minimum absolute atomic E-state index is 0.262. The van der Waals surface area contributed by atoms with Crippen molar-refractivity contribution in [2.75, 3.05) is 0 Å². The van der Waals surface area contributed by atoms with Gasteiger partial charge in [-0.25, -0.2) is 4.79 Å². The summed E-state index contributed by atoms with van der Waals surface area (Å²) in [7, 11) is 0. The fraction of sp³-hybridized carbons (Fsp3) is 0.150. The van der Waals surface area contributed by atoms with Crippen LogP contribution in [0.5, 0.6) is 0 Å². The molecule has 3 heteroatoms. The van der Waals surface area contributed by atoms with Crippen molar-refractivity contribution < 1.29 is 9.53 Å². The van der Waals surface area contributed by atoms with Crippen molar-refractivity contribution in [1.82, 2.24) is 4.98 Å². The van der Waals surface area contributed by atoms with Crippen LogP contribution in [0.25, 0.3) is 22.5 Å². The highest BCUT2D eigenvalue weighted by atomic mass is 16.6. The lowest BCUT2D eigenvalue weighted by Gasteiger charge is -2.19. The summed E-state index contributed by atoms with van der Waals surface area (Å²) >= 11 is 0. The first-order valence-electron chi connectivity index (χ1n) is 7.68. The van der Waals surface area contributed by atoms with E-state index in [0.29, 0.717) is 5.56 Å². The van der Waals surface area contributed by atoms with Crippen LogP contribution in [-0.4, -0.2) is 11.0 Å². The van der Waals surface area contributed by atoms with Gasteiger partial charge in [-0.1, -0.05) is 60.7 Å².